The fourth-order valence-electron chi connectivity index (χ4n) is 2.29. The Hall–Kier alpha value is -0.500. The van der Waals surface area contributed by atoms with Gasteiger partial charge in [0.15, 0.2) is 0 Å². The van der Waals surface area contributed by atoms with Crippen molar-refractivity contribution in [3.8, 4) is 0 Å². The number of nitrogens with one attached hydrogen (secondary N) is 1. The molecule has 1 unspecified atom stereocenters. The van der Waals surface area contributed by atoms with Gasteiger partial charge in [-0.05, 0) is 48.1 Å². The normalized spacial score (nSPS) is 11.4. The van der Waals surface area contributed by atoms with Gasteiger partial charge in [0.1, 0.15) is 0 Å². The Labute approximate surface area is 232 Å². The minimum Gasteiger partial charge on any atom is -0.352 e. The summed E-state index contributed by atoms with van der Waals surface area (Å²) in [5, 5.41) is 5.49. The molecule has 0 saturated heterocycles. The quantitative estimate of drug-likeness (QED) is 0.276. The van der Waals surface area contributed by atoms with E-state index in [0.717, 1.165) is 5.75 Å². The van der Waals surface area contributed by atoms with Gasteiger partial charge in [0, 0.05) is 38.8 Å². The molecule has 3 nitrogen and oxygen atoms in total. The van der Waals surface area contributed by atoms with Crippen LogP contribution in [0, 0.1) is 5.92 Å². The van der Waals surface area contributed by atoms with Gasteiger partial charge in [-0.1, -0.05) is 88.3 Å². The molecule has 1 atom stereocenters. The summed E-state index contributed by atoms with van der Waals surface area (Å²) >= 11 is 41.6. The maximum atomic E-state index is 11.5. The lowest BCUT2D eigenvalue weighted by Gasteiger charge is -2.10. The van der Waals surface area contributed by atoms with Crippen molar-refractivity contribution in [2.24, 2.45) is 5.92 Å². The van der Waals surface area contributed by atoms with E-state index in [1.54, 1.807) is 48.8 Å². The first-order valence-corrected chi connectivity index (χ1v) is 13.1. The van der Waals surface area contributed by atoms with Gasteiger partial charge in [-0.15, -0.1) is 0 Å². The van der Waals surface area contributed by atoms with Crippen LogP contribution in [-0.2, 0) is 0 Å². The molecule has 176 valence electrons. The molecule has 11 heteroatoms. The second-order valence-corrected chi connectivity index (χ2v) is 10.6. The summed E-state index contributed by atoms with van der Waals surface area (Å²) in [7, 11) is 0. The highest BCUT2D eigenvalue weighted by atomic mass is 35.5. The Morgan fingerprint density at radius 3 is 1.85 bits per heavy atom. The number of pyridine rings is 1. The summed E-state index contributed by atoms with van der Waals surface area (Å²) in [6, 6.07) is 9.92. The summed E-state index contributed by atoms with van der Waals surface area (Å²) in [6.07, 6.45) is 3.20. The zero-order valence-electron chi connectivity index (χ0n) is 17.1. The van der Waals surface area contributed by atoms with Gasteiger partial charge in [0.25, 0.3) is 5.91 Å². The Morgan fingerprint density at radius 2 is 1.45 bits per heavy atom. The van der Waals surface area contributed by atoms with Crippen LogP contribution in [0.2, 0.25) is 30.1 Å². The van der Waals surface area contributed by atoms with Crippen LogP contribution in [-0.4, -0.2) is 23.2 Å². The van der Waals surface area contributed by atoms with Crippen LogP contribution in [0.1, 0.15) is 17.3 Å². The molecule has 0 aliphatic carbocycles. The predicted molar refractivity (Wildman–Crippen MR) is 147 cm³/mol. The number of carbonyl (C=O) groups is 1. The molecular formula is C22H18Cl6N2OS2. The van der Waals surface area contributed by atoms with E-state index in [0.29, 0.717) is 58.0 Å². The van der Waals surface area contributed by atoms with Crippen LogP contribution in [0.3, 0.4) is 0 Å². The van der Waals surface area contributed by atoms with Crippen LogP contribution >= 0.6 is 94.0 Å². The molecule has 0 aliphatic rings. The van der Waals surface area contributed by atoms with E-state index in [-0.39, 0.29) is 5.91 Å². The van der Waals surface area contributed by atoms with E-state index < -0.39 is 0 Å². The standard InChI is InChI=1S/C12H4Cl6S.C10H14N2OS/c13-5-1-7(15)11(8(16)2-5)19-12-9(17)3-6(14)4-10(12)18;1-8(7-14)5-12-10(13)9-3-2-4-11-6-9/h1-4H;2-4,6,8,14H,5,7H2,1H3,(H,12,13). The summed E-state index contributed by atoms with van der Waals surface area (Å²) in [5.41, 5.74) is 0.596. The average Bonchev–Trinajstić information content (AvgIpc) is 2.76. The third kappa shape index (κ3) is 9.23. The van der Waals surface area contributed by atoms with E-state index >= 15 is 0 Å². The predicted octanol–water partition coefficient (Wildman–Crippen LogP) is 9.14. The van der Waals surface area contributed by atoms with Crippen molar-refractivity contribution in [3.63, 3.8) is 0 Å². The topological polar surface area (TPSA) is 42.0 Å². The smallest absolute Gasteiger partial charge is 0.252 e. The Balaban J connectivity index is 0.000000245. The van der Waals surface area contributed by atoms with Crippen LogP contribution in [0.15, 0.2) is 58.6 Å². The van der Waals surface area contributed by atoms with Crippen molar-refractivity contribution in [2.45, 2.75) is 16.7 Å². The number of aromatic nitrogens is 1. The maximum absolute atomic E-state index is 11.5. The van der Waals surface area contributed by atoms with Crippen molar-refractivity contribution < 1.29 is 4.79 Å². The fourth-order valence-corrected chi connectivity index (χ4v) is 5.34. The van der Waals surface area contributed by atoms with Gasteiger partial charge < -0.3 is 5.32 Å². The molecule has 1 amide bonds. The zero-order chi connectivity index (χ0) is 24.5. The van der Waals surface area contributed by atoms with Crippen LogP contribution in [0.5, 0.6) is 0 Å². The van der Waals surface area contributed by atoms with E-state index in [4.69, 9.17) is 69.6 Å². The van der Waals surface area contributed by atoms with Gasteiger partial charge in [-0.3, -0.25) is 9.78 Å². The molecule has 0 fully saturated rings. The second-order valence-electron chi connectivity index (χ2n) is 6.74. The van der Waals surface area contributed by atoms with Gasteiger partial charge in [0.05, 0.1) is 25.7 Å². The minimum atomic E-state index is -0.0771. The Bertz CT molecular complexity index is 1000. The average molecular weight is 603 g/mol. The van der Waals surface area contributed by atoms with Crippen molar-refractivity contribution in [1.82, 2.24) is 10.3 Å². The number of carbonyl (C=O) groups excluding carboxylic acids is 1. The zero-order valence-corrected chi connectivity index (χ0v) is 23.3. The molecule has 0 bridgehead atoms. The van der Waals surface area contributed by atoms with Crippen molar-refractivity contribution >= 4 is 99.9 Å². The van der Waals surface area contributed by atoms with Gasteiger partial charge in [0.2, 0.25) is 0 Å². The molecule has 0 saturated carbocycles. The molecule has 0 spiro atoms. The van der Waals surface area contributed by atoms with Crippen LogP contribution in [0.25, 0.3) is 0 Å². The number of rotatable bonds is 6. The number of benzene rings is 2. The molecule has 0 radical (unpaired) electrons. The van der Waals surface area contributed by atoms with E-state index in [9.17, 15) is 4.79 Å². The minimum absolute atomic E-state index is 0.0771. The first-order chi connectivity index (χ1) is 15.6. The summed E-state index contributed by atoms with van der Waals surface area (Å²) in [4.78, 5) is 16.6. The summed E-state index contributed by atoms with van der Waals surface area (Å²) in [5.74, 6) is 1.08. The first kappa shape index (κ1) is 28.7. The highest BCUT2D eigenvalue weighted by Gasteiger charge is 2.15. The maximum Gasteiger partial charge on any atom is 0.252 e. The number of nitrogens with zero attached hydrogens (tertiary/aromatic N) is 1. The lowest BCUT2D eigenvalue weighted by molar-refractivity contribution is 0.0949. The van der Waals surface area contributed by atoms with E-state index in [1.165, 1.54) is 11.8 Å². The van der Waals surface area contributed by atoms with Crippen LogP contribution < -0.4 is 5.32 Å². The number of thiol groups is 1. The molecule has 33 heavy (non-hydrogen) atoms. The van der Waals surface area contributed by atoms with Gasteiger partial charge in [-0.2, -0.15) is 12.6 Å². The molecule has 1 N–H and O–H groups in total. The van der Waals surface area contributed by atoms with Crippen LogP contribution in [0.4, 0.5) is 0 Å². The lowest BCUT2D eigenvalue weighted by atomic mass is 10.2. The second kappa shape index (κ2) is 14.2. The third-order valence-electron chi connectivity index (χ3n) is 3.98. The van der Waals surface area contributed by atoms with E-state index in [1.807, 2.05) is 6.92 Å². The molecular weight excluding hydrogens is 585 g/mol. The number of hydrogen-bond acceptors (Lipinski definition) is 4. The van der Waals surface area contributed by atoms with Gasteiger partial charge in [-0.25, -0.2) is 0 Å². The van der Waals surface area contributed by atoms with Crippen molar-refractivity contribution in [1.29, 1.82) is 0 Å². The largest absolute Gasteiger partial charge is 0.352 e. The summed E-state index contributed by atoms with van der Waals surface area (Å²) in [6.45, 7) is 2.69. The Morgan fingerprint density at radius 1 is 0.970 bits per heavy atom. The highest BCUT2D eigenvalue weighted by molar-refractivity contribution is 7.99. The first-order valence-electron chi connectivity index (χ1n) is 9.38. The SMILES string of the molecule is CC(CS)CNC(=O)c1cccnc1.Clc1cc(Cl)c(Sc2c(Cl)cc(Cl)cc2Cl)c(Cl)c1. The third-order valence-corrected chi connectivity index (χ3v) is 7.96. The number of amides is 1. The lowest BCUT2D eigenvalue weighted by Crippen LogP contribution is -2.28. The molecule has 3 rings (SSSR count). The summed E-state index contributed by atoms with van der Waals surface area (Å²) < 4.78 is 0. The van der Waals surface area contributed by atoms with Gasteiger partial charge >= 0.3 is 0 Å². The molecule has 2 aromatic carbocycles. The molecule has 1 heterocycles. The molecule has 3 aromatic rings. The molecule has 1 aromatic heterocycles. The highest BCUT2D eigenvalue weighted by Crippen LogP contribution is 2.45. The number of hydrogen-bond donors (Lipinski definition) is 2. The molecule has 0 aliphatic heterocycles. The fraction of sp³-hybridized carbons (Fsp3) is 0.182. The van der Waals surface area contributed by atoms with Crippen molar-refractivity contribution in [2.75, 3.05) is 12.3 Å². The van der Waals surface area contributed by atoms with E-state index in [2.05, 4.69) is 22.9 Å². The van der Waals surface area contributed by atoms with Crippen molar-refractivity contribution in [3.05, 3.63) is 84.5 Å². The Kier molecular flexibility index (Phi) is 12.3. The number of halogens is 6. The monoisotopic (exact) mass is 600 g/mol.